The number of para-hydroxylation sites is 1. The number of likely N-dealkylation sites (tertiary alicyclic amines) is 1. The summed E-state index contributed by atoms with van der Waals surface area (Å²) in [5.41, 5.74) is 0.297. The summed E-state index contributed by atoms with van der Waals surface area (Å²) in [6, 6.07) is 9.88. The van der Waals surface area contributed by atoms with Gasteiger partial charge in [0.1, 0.15) is 0 Å². The number of hydrogen-bond acceptors (Lipinski definition) is 3. The van der Waals surface area contributed by atoms with Crippen molar-refractivity contribution in [1.82, 2.24) is 4.90 Å². The molecule has 0 bridgehead atoms. The van der Waals surface area contributed by atoms with Crippen molar-refractivity contribution in [3.05, 3.63) is 30.3 Å². The van der Waals surface area contributed by atoms with E-state index in [9.17, 15) is 9.90 Å². The summed E-state index contributed by atoms with van der Waals surface area (Å²) < 4.78 is 0. The van der Waals surface area contributed by atoms with Gasteiger partial charge in [0, 0.05) is 31.2 Å². The third-order valence-corrected chi connectivity index (χ3v) is 3.90. The second-order valence-electron chi connectivity index (χ2n) is 5.92. The monoisotopic (exact) mass is 276 g/mol. The molecule has 1 amide bonds. The summed E-state index contributed by atoms with van der Waals surface area (Å²) in [5, 5.41) is 13.8. The molecule has 0 saturated carbocycles. The van der Waals surface area contributed by atoms with Gasteiger partial charge in [0.2, 0.25) is 5.91 Å². The third-order valence-electron chi connectivity index (χ3n) is 3.90. The highest BCUT2D eigenvalue weighted by molar-refractivity contribution is 5.78. The SMILES string of the molecule is CC(C)C(=O)N1CCC(O)(CNc2ccccc2)CC1. The predicted octanol–water partition coefficient (Wildman–Crippen LogP) is 2.11. The van der Waals surface area contributed by atoms with Crippen molar-refractivity contribution in [3.63, 3.8) is 0 Å². The van der Waals surface area contributed by atoms with Gasteiger partial charge < -0.3 is 15.3 Å². The average molecular weight is 276 g/mol. The van der Waals surface area contributed by atoms with Crippen LogP contribution in [-0.2, 0) is 4.79 Å². The first-order chi connectivity index (χ1) is 9.50. The number of piperidine rings is 1. The van der Waals surface area contributed by atoms with E-state index in [1.165, 1.54) is 0 Å². The van der Waals surface area contributed by atoms with Crippen molar-refractivity contribution in [2.45, 2.75) is 32.3 Å². The first-order valence-corrected chi connectivity index (χ1v) is 7.30. The molecular weight excluding hydrogens is 252 g/mol. The molecule has 2 N–H and O–H groups in total. The van der Waals surface area contributed by atoms with E-state index in [0.29, 0.717) is 32.5 Å². The summed E-state index contributed by atoms with van der Waals surface area (Å²) in [4.78, 5) is 13.8. The van der Waals surface area contributed by atoms with E-state index in [0.717, 1.165) is 5.69 Å². The van der Waals surface area contributed by atoms with Gasteiger partial charge in [-0.2, -0.15) is 0 Å². The van der Waals surface area contributed by atoms with Crippen LogP contribution < -0.4 is 5.32 Å². The van der Waals surface area contributed by atoms with Crippen molar-refractivity contribution in [1.29, 1.82) is 0 Å². The Labute approximate surface area is 120 Å². The van der Waals surface area contributed by atoms with Crippen LogP contribution in [0, 0.1) is 5.92 Å². The summed E-state index contributed by atoms with van der Waals surface area (Å²) >= 11 is 0. The van der Waals surface area contributed by atoms with Crippen molar-refractivity contribution >= 4 is 11.6 Å². The van der Waals surface area contributed by atoms with Crippen LogP contribution in [0.5, 0.6) is 0 Å². The minimum atomic E-state index is -0.719. The highest BCUT2D eigenvalue weighted by Crippen LogP contribution is 2.24. The largest absolute Gasteiger partial charge is 0.388 e. The van der Waals surface area contributed by atoms with Gasteiger partial charge >= 0.3 is 0 Å². The van der Waals surface area contributed by atoms with Crippen molar-refractivity contribution in [2.75, 3.05) is 25.0 Å². The number of benzene rings is 1. The molecule has 0 radical (unpaired) electrons. The number of amides is 1. The molecule has 0 spiro atoms. The summed E-state index contributed by atoms with van der Waals surface area (Å²) in [6.45, 7) is 5.65. The van der Waals surface area contributed by atoms with Gasteiger partial charge in [0.25, 0.3) is 0 Å². The molecule has 1 heterocycles. The number of rotatable bonds is 4. The number of carbonyl (C=O) groups is 1. The molecule has 4 heteroatoms. The standard InChI is InChI=1S/C16H24N2O2/c1-13(2)15(19)18-10-8-16(20,9-11-18)12-17-14-6-4-3-5-7-14/h3-7,13,17,20H,8-12H2,1-2H3. The highest BCUT2D eigenvalue weighted by atomic mass is 16.3. The number of anilines is 1. The van der Waals surface area contributed by atoms with E-state index in [1.54, 1.807) is 0 Å². The van der Waals surface area contributed by atoms with Crippen molar-refractivity contribution in [2.24, 2.45) is 5.92 Å². The molecule has 1 fully saturated rings. The number of aliphatic hydroxyl groups is 1. The van der Waals surface area contributed by atoms with Gasteiger partial charge in [-0.1, -0.05) is 32.0 Å². The highest BCUT2D eigenvalue weighted by Gasteiger charge is 2.34. The van der Waals surface area contributed by atoms with Crippen LogP contribution >= 0.6 is 0 Å². The Morgan fingerprint density at radius 3 is 2.45 bits per heavy atom. The lowest BCUT2D eigenvalue weighted by atomic mass is 9.90. The zero-order chi connectivity index (χ0) is 14.6. The fourth-order valence-electron chi connectivity index (χ4n) is 2.51. The van der Waals surface area contributed by atoms with Crippen LogP contribution in [0.2, 0.25) is 0 Å². The van der Waals surface area contributed by atoms with Gasteiger partial charge in [-0.25, -0.2) is 0 Å². The Hall–Kier alpha value is -1.55. The molecule has 0 aromatic heterocycles. The molecule has 0 aliphatic carbocycles. The molecule has 1 aliphatic rings. The van der Waals surface area contributed by atoms with Gasteiger partial charge in [-0.3, -0.25) is 4.79 Å². The van der Waals surface area contributed by atoms with Crippen LogP contribution in [0.3, 0.4) is 0 Å². The zero-order valence-corrected chi connectivity index (χ0v) is 12.3. The van der Waals surface area contributed by atoms with Gasteiger partial charge in [0.15, 0.2) is 0 Å². The van der Waals surface area contributed by atoms with E-state index >= 15 is 0 Å². The Morgan fingerprint density at radius 2 is 1.90 bits per heavy atom. The molecule has 4 nitrogen and oxygen atoms in total. The Morgan fingerprint density at radius 1 is 1.30 bits per heavy atom. The summed E-state index contributed by atoms with van der Waals surface area (Å²) in [7, 11) is 0. The third kappa shape index (κ3) is 3.73. The summed E-state index contributed by atoms with van der Waals surface area (Å²) in [5.74, 6) is 0.215. The first kappa shape index (κ1) is 14.9. The Kier molecular flexibility index (Phi) is 4.65. The first-order valence-electron chi connectivity index (χ1n) is 7.30. The molecule has 0 atom stereocenters. The maximum Gasteiger partial charge on any atom is 0.225 e. The number of nitrogens with one attached hydrogen (secondary N) is 1. The number of nitrogens with zero attached hydrogens (tertiary/aromatic N) is 1. The van der Waals surface area contributed by atoms with E-state index in [2.05, 4.69) is 5.32 Å². The smallest absolute Gasteiger partial charge is 0.225 e. The topological polar surface area (TPSA) is 52.6 Å². The van der Waals surface area contributed by atoms with Crippen molar-refractivity contribution in [3.8, 4) is 0 Å². The lowest BCUT2D eigenvalue weighted by molar-refractivity contribution is -0.138. The fraction of sp³-hybridized carbons (Fsp3) is 0.562. The molecule has 1 saturated heterocycles. The molecule has 110 valence electrons. The predicted molar refractivity (Wildman–Crippen MR) is 80.5 cm³/mol. The van der Waals surface area contributed by atoms with Gasteiger partial charge in [-0.15, -0.1) is 0 Å². The van der Waals surface area contributed by atoms with E-state index in [1.807, 2.05) is 49.1 Å². The van der Waals surface area contributed by atoms with Crippen LogP contribution in [0.1, 0.15) is 26.7 Å². The quantitative estimate of drug-likeness (QED) is 0.885. The summed E-state index contributed by atoms with van der Waals surface area (Å²) in [6.07, 6.45) is 1.26. The van der Waals surface area contributed by atoms with Crippen molar-refractivity contribution < 1.29 is 9.90 Å². The van der Waals surface area contributed by atoms with Gasteiger partial charge in [-0.05, 0) is 25.0 Å². The molecule has 20 heavy (non-hydrogen) atoms. The molecule has 2 rings (SSSR count). The molecule has 1 aromatic rings. The number of carbonyl (C=O) groups excluding carboxylic acids is 1. The van der Waals surface area contributed by atoms with E-state index < -0.39 is 5.60 Å². The van der Waals surface area contributed by atoms with E-state index in [4.69, 9.17) is 0 Å². The molecule has 1 aromatic carbocycles. The zero-order valence-electron chi connectivity index (χ0n) is 12.3. The van der Waals surface area contributed by atoms with Gasteiger partial charge in [0.05, 0.1) is 5.60 Å². The second kappa shape index (κ2) is 6.27. The maximum atomic E-state index is 11.9. The van der Waals surface area contributed by atoms with Crippen LogP contribution in [-0.4, -0.2) is 41.1 Å². The number of hydrogen-bond donors (Lipinski definition) is 2. The lowest BCUT2D eigenvalue weighted by Crippen LogP contribution is -2.50. The van der Waals surface area contributed by atoms with E-state index in [-0.39, 0.29) is 11.8 Å². The Bertz CT molecular complexity index is 437. The molecule has 1 aliphatic heterocycles. The fourth-order valence-corrected chi connectivity index (χ4v) is 2.51. The lowest BCUT2D eigenvalue weighted by Gasteiger charge is -2.39. The normalized spacial score (nSPS) is 18.1. The second-order valence-corrected chi connectivity index (χ2v) is 5.92. The minimum Gasteiger partial charge on any atom is -0.388 e. The Balaban J connectivity index is 1.84. The molecule has 0 unspecified atom stereocenters. The molecular formula is C16H24N2O2. The minimum absolute atomic E-state index is 0.0311. The van der Waals surface area contributed by atoms with Crippen LogP contribution in [0.15, 0.2) is 30.3 Å². The van der Waals surface area contributed by atoms with Crippen LogP contribution in [0.4, 0.5) is 5.69 Å². The van der Waals surface area contributed by atoms with Crippen LogP contribution in [0.25, 0.3) is 0 Å². The average Bonchev–Trinajstić information content (AvgIpc) is 2.46. The maximum absolute atomic E-state index is 11.9.